The summed E-state index contributed by atoms with van der Waals surface area (Å²) < 4.78 is 61.3. The highest BCUT2D eigenvalue weighted by atomic mass is 28.4. The topological polar surface area (TPSA) is 121 Å². The Bertz CT molecular complexity index is 621. The van der Waals surface area contributed by atoms with Gasteiger partial charge in [0.2, 0.25) is 0 Å². The first kappa shape index (κ1) is 40.2. The molecule has 12 nitrogen and oxygen atoms in total. The summed E-state index contributed by atoms with van der Waals surface area (Å²) >= 11 is 0. The molecule has 3 fully saturated rings. The molecule has 14 heteroatoms. The summed E-state index contributed by atoms with van der Waals surface area (Å²) in [7, 11) is 4.68. The average Bonchev–Trinajstić information content (AvgIpc) is 3.85. The molecule has 3 saturated heterocycles. The number of ether oxygens (including phenoxy) is 6. The van der Waals surface area contributed by atoms with Gasteiger partial charge < -0.3 is 55.0 Å². The van der Waals surface area contributed by atoms with Crippen LogP contribution in [0.3, 0.4) is 0 Å². The van der Waals surface area contributed by atoms with Crippen LogP contribution in [-0.4, -0.2) is 138 Å². The van der Waals surface area contributed by atoms with E-state index in [1.165, 1.54) is 0 Å². The number of hydrogen-bond acceptors (Lipinski definition) is 12. The maximum Gasteiger partial charge on any atom is 0.528 e. The van der Waals surface area contributed by atoms with Crippen LogP contribution in [0.25, 0.3) is 0 Å². The molecule has 0 aromatic rings. The number of rotatable bonds is 22. The van der Waals surface area contributed by atoms with Crippen molar-refractivity contribution in [2.75, 3.05) is 102 Å². The van der Waals surface area contributed by atoms with Crippen LogP contribution in [0, 0.1) is 0 Å². The van der Waals surface area contributed by atoms with Gasteiger partial charge in [0, 0.05) is 55.3 Å². The summed E-state index contributed by atoms with van der Waals surface area (Å²) in [5, 5.41) is 0. The van der Waals surface area contributed by atoms with E-state index in [9.17, 15) is 0 Å². The van der Waals surface area contributed by atoms with Gasteiger partial charge in [-0.05, 0) is 18.5 Å². The second kappa shape index (κ2) is 25.7. The smallest absolute Gasteiger partial charge is 0.379 e. The zero-order valence-electron chi connectivity index (χ0n) is 26.0. The van der Waals surface area contributed by atoms with E-state index < -0.39 is 17.6 Å². The van der Waals surface area contributed by atoms with Crippen LogP contribution in [0.5, 0.6) is 0 Å². The zero-order chi connectivity index (χ0) is 30.8. The fraction of sp³-hybridized carbons (Fsp3) is 0.778. The maximum atomic E-state index is 5.42. The lowest BCUT2D eigenvalue weighted by Gasteiger charge is -2.24. The number of epoxide rings is 3. The Hall–Kier alpha value is -0.826. The molecule has 41 heavy (non-hydrogen) atoms. The Morgan fingerprint density at radius 3 is 1.39 bits per heavy atom. The van der Waals surface area contributed by atoms with Crippen molar-refractivity contribution in [1.82, 2.24) is 0 Å². The third-order valence-electron chi connectivity index (χ3n) is 5.63. The van der Waals surface area contributed by atoms with Crippen molar-refractivity contribution in [1.29, 1.82) is 0 Å². The summed E-state index contributed by atoms with van der Waals surface area (Å²) in [5.74, 6) is 0. The monoisotopic (exact) mass is 626 g/mol. The van der Waals surface area contributed by atoms with Crippen LogP contribution in [0.1, 0.15) is 12.8 Å². The van der Waals surface area contributed by atoms with E-state index in [1.54, 1.807) is 54.4 Å². The maximum absolute atomic E-state index is 5.42. The van der Waals surface area contributed by atoms with Gasteiger partial charge in [0.05, 0.1) is 52.9 Å². The van der Waals surface area contributed by atoms with Crippen LogP contribution in [-0.2, 0) is 55.0 Å². The normalized spacial score (nSPS) is 20.2. The van der Waals surface area contributed by atoms with E-state index in [0.717, 1.165) is 58.5 Å². The predicted octanol–water partition coefficient (Wildman–Crippen LogP) is 2.83. The number of hydrogen-bond donors (Lipinski definition) is 0. The summed E-state index contributed by atoms with van der Waals surface area (Å²) in [6.45, 7) is 17.5. The predicted molar refractivity (Wildman–Crippen MR) is 160 cm³/mol. The van der Waals surface area contributed by atoms with Gasteiger partial charge in [0.15, 0.2) is 0 Å². The second-order valence-electron chi connectivity index (χ2n) is 8.74. The van der Waals surface area contributed by atoms with Crippen molar-refractivity contribution in [2.45, 2.75) is 37.2 Å². The fourth-order valence-electron chi connectivity index (χ4n) is 2.82. The molecule has 0 N–H and O–H groups in total. The molecule has 0 saturated carbocycles. The van der Waals surface area contributed by atoms with E-state index in [4.69, 9.17) is 55.0 Å². The van der Waals surface area contributed by atoms with Crippen LogP contribution in [0.2, 0.25) is 6.04 Å². The van der Waals surface area contributed by atoms with Crippen molar-refractivity contribution in [3.05, 3.63) is 37.6 Å². The molecular formula is C27H54O12Si2. The zero-order valence-corrected chi connectivity index (χ0v) is 28.0. The Morgan fingerprint density at radius 2 is 1.07 bits per heavy atom. The van der Waals surface area contributed by atoms with Crippen molar-refractivity contribution >= 4 is 17.6 Å². The SMILES string of the molecule is C=CCCOCC1CO1.C=CCOCC1CO1.C=C[Si](OC)(OC)OC.CO[Si](CCCOCC1CO1)(OC)OC. The fourth-order valence-corrected chi connectivity index (χ4v) is 5.51. The second-order valence-corrected chi connectivity index (χ2v) is 14.7. The minimum atomic E-state index is -2.43. The minimum Gasteiger partial charge on any atom is -0.379 e. The summed E-state index contributed by atoms with van der Waals surface area (Å²) in [6, 6.07) is 0.780. The highest BCUT2D eigenvalue weighted by molar-refractivity contribution is 6.66. The van der Waals surface area contributed by atoms with Gasteiger partial charge >= 0.3 is 17.6 Å². The average molecular weight is 627 g/mol. The molecule has 0 radical (unpaired) electrons. The summed E-state index contributed by atoms with van der Waals surface area (Å²) in [5.41, 5.74) is 1.58. The lowest BCUT2D eigenvalue weighted by atomic mass is 10.4. The summed E-state index contributed by atoms with van der Waals surface area (Å²) in [4.78, 5) is 0. The van der Waals surface area contributed by atoms with Crippen LogP contribution in [0.4, 0.5) is 0 Å². The van der Waals surface area contributed by atoms with E-state index >= 15 is 0 Å². The van der Waals surface area contributed by atoms with Gasteiger partial charge in [-0.15, -0.1) is 13.2 Å². The highest BCUT2D eigenvalue weighted by Crippen LogP contribution is 2.15. The largest absolute Gasteiger partial charge is 0.528 e. The molecule has 3 rings (SSSR count). The van der Waals surface area contributed by atoms with E-state index in [-0.39, 0.29) is 0 Å². The third-order valence-corrected chi connectivity index (χ3v) is 10.7. The van der Waals surface area contributed by atoms with Gasteiger partial charge in [-0.3, -0.25) is 0 Å². The Kier molecular flexibility index (Phi) is 25.1. The molecule has 0 spiro atoms. The molecule has 3 heterocycles. The standard InChI is InChI=1S/C9H20O5Si.C7H12O2.C6H10O2.C5H12O3Si/c1-10-15(11-2,12-3)6-4-5-13-7-9-8-14-9;1-2-3-4-8-5-7-6-9-7;1-2-3-7-4-6-5-8-6;1-5-9(6-2,7-3)8-4/h9H,4-8H2,1-3H3;2,7H,1,3-6H2;2,6H,1,3-5H2;5H,1H2,2-4H3. The van der Waals surface area contributed by atoms with Crippen LogP contribution >= 0.6 is 0 Å². The molecular weight excluding hydrogens is 572 g/mol. The third kappa shape index (κ3) is 22.4. The van der Waals surface area contributed by atoms with Crippen molar-refractivity contribution in [3.63, 3.8) is 0 Å². The first-order valence-corrected chi connectivity index (χ1v) is 17.3. The Morgan fingerprint density at radius 1 is 0.634 bits per heavy atom. The minimum absolute atomic E-state index is 0.333. The van der Waals surface area contributed by atoms with Crippen molar-refractivity contribution < 1.29 is 55.0 Å². The molecule has 3 unspecified atom stereocenters. The first-order chi connectivity index (χ1) is 19.9. The molecule has 0 aromatic carbocycles. The van der Waals surface area contributed by atoms with Gasteiger partial charge in [-0.2, -0.15) is 0 Å². The molecule has 0 bridgehead atoms. The van der Waals surface area contributed by atoms with E-state index in [1.807, 2.05) is 6.08 Å². The lowest BCUT2D eigenvalue weighted by molar-refractivity contribution is 0.100. The molecule has 0 aromatic heterocycles. The molecule has 242 valence electrons. The van der Waals surface area contributed by atoms with E-state index in [2.05, 4.69) is 19.7 Å². The Labute approximate surface area is 249 Å². The summed E-state index contributed by atoms with van der Waals surface area (Å²) in [6.07, 6.45) is 6.53. The van der Waals surface area contributed by atoms with Crippen molar-refractivity contribution in [3.8, 4) is 0 Å². The van der Waals surface area contributed by atoms with Crippen LogP contribution in [0.15, 0.2) is 37.6 Å². The van der Waals surface area contributed by atoms with Crippen LogP contribution < -0.4 is 0 Å². The quantitative estimate of drug-likeness (QED) is 0.0761. The van der Waals surface area contributed by atoms with Gasteiger partial charge in [-0.1, -0.05) is 18.7 Å². The van der Waals surface area contributed by atoms with Crippen molar-refractivity contribution in [2.24, 2.45) is 0 Å². The molecule has 3 atom stereocenters. The van der Waals surface area contributed by atoms with Gasteiger partial charge in [-0.25, -0.2) is 0 Å². The molecule has 3 aliphatic rings. The first-order valence-electron chi connectivity index (χ1n) is 13.6. The highest BCUT2D eigenvalue weighted by Gasteiger charge is 2.37. The molecule has 0 amide bonds. The lowest BCUT2D eigenvalue weighted by Crippen LogP contribution is -2.42. The van der Waals surface area contributed by atoms with Gasteiger partial charge in [0.1, 0.15) is 18.3 Å². The molecule has 3 aliphatic heterocycles. The van der Waals surface area contributed by atoms with E-state index in [0.29, 0.717) is 38.1 Å². The van der Waals surface area contributed by atoms with Gasteiger partial charge in [0.25, 0.3) is 0 Å². The Balaban J connectivity index is 0.000000540. The molecule has 0 aliphatic carbocycles.